The van der Waals surface area contributed by atoms with Gasteiger partial charge in [-0.1, -0.05) is 109 Å². The molecule has 0 radical (unpaired) electrons. The Morgan fingerprint density at radius 2 is 0.597 bits per heavy atom. The van der Waals surface area contributed by atoms with Crippen LogP contribution >= 0.6 is 45.3 Å². The number of thiophene rings is 4. The van der Waals surface area contributed by atoms with Crippen LogP contribution in [0.2, 0.25) is 0 Å². The Morgan fingerprint density at radius 1 is 0.312 bits per heavy atom. The molecule has 12 aromatic rings. The second-order valence-corrected chi connectivity index (χ2v) is 22.2. The summed E-state index contributed by atoms with van der Waals surface area (Å²) in [5.74, 6) is 0.581. The number of para-hydroxylation sites is 4. The number of carboxylic acids is 1. The quantitative estimate of drug-likeness (QED) is 0.103. The summed E-state index contributed by atoms with van der Waals surface area (Å²) in [6.07, 6.45) is 8.57. The minimum atomic E-state index is -0.989. The van der Waals surface area contributed by atoms with Crippen molar-refractivity contribution in [1.29, 1.82) is 0 Å². The average Bonchev–Trinajstić information content (AvgIpc) is 4.36. The number of nitrogens with zero attached hydrogens (tertiary/aromatic N) is 5. The highest BCUT2D eigenvalue weighted by Crippen LogP contribution is 2.40. The fourth-order valence-corrected chi connectivity index (χ4v) is 12.4. The van der Waals surface area contributed by atoms with Gasteiger partial charge in [-0.25, -0.2) is 19.7 Å². The Bertz CT molecular complexity index is 3690. The number of carboxylic acid groups (broad SMARTS) is 1. The molecule has 0 aliphatic heterocycles. The van der Waals surface area contributed by atoms with Crippen LogP contribution < -0.4 is 9.80 Å². The van der Waals surface area contributed by atoms with Gasteiger partial charge in [0.05, 0.1) is 15.3 Å². The molecular formula is C66H45N5O2S4. The highest BCUT2D eigenvalue weighted by atomic mass is 32.1. The first-order chi connectivity index (χ1) is 37.9. The van der Waals surface area contributed by atoms with Gasteiger partial charge >= 0.3 is 5.97 Å². The summed E-state index contributed by atoms with van der Waals surface area (Å²) in [5, 5.41) is 9.61. The monoisotopic (exact) mass is 1070 g/mol. The first kappa shape index (κ1) is 48.8. The van der Waals surface area contributed by atoms with Crippen molar-refractivity contribution in [3.05, 3.63) is 268 Å². The summed E-state index contributed by atoms with van der Waals surface area (Å²) in [7, 11) is 0. The Labute approximate surface area is 462 Å². The van der Waals surface area contributed by atoms with E-state index in [0.29, 0.717) is 23.0 Å². The molecule has 5 aromatic heterocycles. The lowest BCUT2D eigenvalue weighted by Crippen LogP contribution is -2.09. The average molecular weight is 1070 g/mol. The number of hydrogen-bond donors (Lipinski definition) is 1. The van der Waals surface area contributed by atoms with E-state index in [1.165, 1.54) is 9.75 Å². The van der Waals surface area contributed by atoms with Crippen LogP contribution in [0.3, 0.4) is 0 Å². The standard InChI is InChI=1S/C66H45N5O2S4/c72-66(73)48-23-21-47(22-24-48)63-67-64(61-43-39-57(76-61)35-33-55-37-41-59(74-55)45-25-29-53(30-26-45)70(49-13-5-1-6-14-49)50-15-7-2-8-16-50)69-65(68-63)62-44-40-58(77-62)36-34-56-38-42-60(75-56)46-27-31-54(32-28-46)71(51-17-9-3-10-18-51)52-19-11-4-12-20-52/h1-44H,(H,72,73)/b35-33+,36-34+. The van der Waals surface area contributed by atoms with E-state index < -0.39 is 5.97 Å². The van der Waals surface area contributed by atoms with Gasteiger partial charge in [-0.05, 0) is 169 Å². The van der Waals surface area contributed by atoms with Gasteiger partial charge in [-0.2, -0.15) is 0 Å². The molecule has 0 spiro atoms. The van der Waals surface area contributed by atoms with E-state index in [4.69, 9.17) is 15.0 Å². The summed E-state index contributed by atoms with van der Waals surface area (Å²) in [6.45, 7) is 0. The fraction of sp³-hybridized carbons (Fsp3) is 0. The van der Waals surface area contributed by atoms with Crippen LogP contribution in [0, 0.1) is 0 Å². The summed E-state index contributed by atoms with van der Waals surface area (Å²) in [6, 6.07) is 82.9. The van der Waals surface area contributed by atoms with Crippen LogP contribution in [0.5, 0.6) is 0 Å². The zero-order valence-corrected chi connectivity index (χ0v) is 44.4. The molecule has 0 unspecified atom stereocenters. The largest absolute Gasteiger partial charge is 0.478 e. The molecule has 370 valence electrons. The van der Waals surface area contributed by atoms with E-state index in [2.05, 4.69) is 216 Å². The van der Waals surface area contributed by atoms with Crippen molar-refractivity contribution in [3.8, 4) is 53.7 Å². The predicted molar refractivity (Wildman–Crippen MR) is 326 cm³/mol. The molecule has 12 rings (SSSR count). The van der Waals surface area contributed by atoms with E-state index in [9.17, 15) is 9.90 Å². The molecule has 0 saturated heterocycles. The Balaban J connectivity index is 0.758. The number of anilines is 6. The summed E-state index contributed by atoms with van der Waals surface area (Å²) >= 11 is 6.72. The molecular weight excluding hydrogens is 1020 g/mol. The number of hydrogen-bond acceptors (Lipinski definition) is 10. The number of carbonyl (C=O) groups is 1. The first-order valence-electron chi connectivity index (χ1n) is 24.8. The zero-order chi connectivity index (χ0) is 51.9. The van der Waals surface area contributed by atoms with Crippen molar-refractivity contribution in [2.45, 2.75) is 0 Å². The predicted octanol–water partition coefficient (Wildman–Crippen LogP) is 19.4. The minimum absolute atomic E-state index is 0.196. The Hall–Kier alpha value is -9.10. The van der Waals surface area contributed by atoms with Crippen LogP contribution in [0.15, 0.2) is 243 Å². The molecule has 0 bridgehead atoms. The lowest BCUT2D eigenvalue weighted by Gasteiger charge is -2.25. The normalized spacial score (nSPS) is 11.4. The second kappa shape index (κ2) is 22.4. The highest BCUT2D eigenvalue weighted by Gasteiger charge is 2.18. The van der Waals surface area contributed by atoms with Gasteiger partial charge in [-0.3, -0.25) is 0 Å². The third kappa shape index (κ3) is 11.2. The fourth-order valence-electron chi connectivity index (χ4n) is 8.89. The molecule has 7 nitrogen and oxygen atoms in total. The Morgan fingerprint density at radius 3 is 0.935 bits per heavy atom. The van der Waals surface area contributed by atoms with Gasteiger partial charge in [0, 0.05) is 69.0 Å². The molecule has 0 fully saturated rings. The molecule has 0 aliphatic carbocycles. The third-order valence-corrected chi connectivity index (χ3v) is 17.0. The molecule has 5 heterocycles. The molecule has 7 aromatic carbocycles. The van der Waals surface area contributed by atoms with Gasteiger partial charge in [0.15, 0.2) is 17.5 Å². The van der Waals surface area contributed by atoms with Crippen molar-refractivity contribution in [1.82, 2.24) is 15.0 Å². The van der Waals surface area contributed by atoms with Crippen LogP contribution in [0.25, 0.3) is 78.0 Å². The van der Waals surface area contributed by atoms with Gasteiger partial charge in [0.2, 0.25) is 0 Å². The lowest BCUT2D eigenvalue weighted by molar-refractivity contribution is 0.0697. The van der Waals surface area contributed by atoms with Gasteiger partial charge in [-0.15, -0.1) is 45.3 Å². The van der Waals surface area contributed by atoms with Crippen molar-refractivity contribution in [3.63, 3.8) is 0 Å². The molecule has 77 heavy (non-hydrogen) atoms. The molecule has 1 N–H and O–H groups in total. The third-order valence-electron chi connectivity index (χ3n) is 12.7. The van der Waals surface area contributed by atoms with E-state index in [0.717, 1.165) is 74.5 Å². The number of aromatic carboxylic acids is 1. The van der Waals surface area contributed by atoms with Gasteiger partial charge < -0.3 is 14.9 Å². The maximum atomic E-state index is 11.7. The van der Waals surface area contributed by atoms with E-state index in [-0.39, 0.29) is 5.56 Å². The molecule has 0 saturated carbocycles. The van der Waals surface area contributed by atoms with Crippen molar-refractivity contribution < 1.29 is 9.90 Å². The lowest BCUT2D eigenvalue weighted by atomic mass is 10.1. The molecule has 0 atom stereocenters. The summed E-state index contributed by atoms with van der Waals surface area (Å²) in [4.78, 5) is 39.8. The molecule has 11 heteroatoms. The number of rotatable bonds is 16. The van der Waals surface area contributed by atoms with Crippen LogP contribution in [0.4, 0.5) is 34.1 Å². The molecule has 0 amide bonds. The van der Waals surface area contributed by atoms with Crippen LogP contribution in [-0.4, -0.2) is 26.0 Å². The van der Waals surface area contributed by atoms with Crippen molar-refractivity contribution in [2.24, 2.45) is 0 Å². The molecule has 0 aliphatic rings. The minimum Gasteiger partial charge on any atom is -0.478 e. The Kier molecular flexibility index (Phi) is 14.2. The van der Waals surface area contributed by atoms with Crippen molar-refractivity contribution in [2.75, 3.05) is 9.80 Å². The van der Waals surface area contributed by atoms with Gasteiger partial charge in [0.25, 0.3) is 0 Å². The van der Waals surface area contributed by atoms with Gasteiger partial charge in [0.1, 0.15) is 0 Å². The number of benzene rings is 7. The van der Waals surface area contributed by atoms with Crippen LogP contribution in [0.1, 0.15) is 29.9 Å². The summed E-state index contributed by atoms with van der Waals surface area (Å²) < 4.78 is 0. The zero-order valence-electron chi connectivity index (χ0n) is 41.1. The maximum absolute atomic E-state index is 11.7. The van der Waals surface area contributed by atoms with Crippen molar-refractivity contribution >= 4 is 110 Å². The second-order valence-electron chi connectivity index (χ2n) is 17.8. The summed E-state index contributed by atoms with van der Waals surface area (Å²) in [5.41, 5.74) is 9.84. The highest BCUT2D eigenvalue weighted by molar-refractivity contribution is 7.18. The topological polar surface area (TPSA) is 82.4 Å². The first-order valence-corrected chi connectivity index (χ1v) is 28.1. The van der Waals surface area contributed by atoms with E-state index in [1.54, 1.807) is 69.6 Å². The smallest absolute Gasteiger partial charge is 0.335 e. The maximum Gasteiger partial charge on any atom is 0.335 e. The van der Waals surface area contributed by atoms with E-state index in [1.807, 2.05) is 36.4 Å². The van der Waals surface area contributed by atoms with E-state index >= 15 is 0 Å². The SMILES string of the molecule is O=C(O)c1ccc(-c2nc(-c3ccc(/C=C/c4ccc(-c5ccc(N(c6ccccc6)c6ccccc6)cc5)s4)s3)nc(-c3ccc(/C=C/c4ccc(-c5ccc(N(c6ccccc6)c6ccccc6)cc5)s4)s3)n2)cc1. The number of aromatic nitrogens is 3. The van der Waals surface area contributed by atoms with Crippen LogP contribution in [-0.2, 0) is 0 Å².